The van der Waals surface area contributed by atoms with Crippen LogP contribution >= 0.6 is 12.6 Å². The van der Waals surface area contributed by atoms with E-state index in [2.05, 4.69) is 28.1 Å². The number of carbonyl (C=O) groups is 1. The number of benzene rings is 1. The number of thiol groups is 1. The minimum absolute atomic E-state index is 0.156. The molecule has 0 bridgehead atoms. The van der Waals surface area contributed by atoms with Gasteiger partial charge >= 0.3 is 0 Å². The van der Waals surface area contributed by atoms with Crippen LogP contribution in [-0.4, -0.2) is 22.6 Å². The van der Waals surface area contributed by atoms with Gasteiger partial charge < -0.3 is 9.84 Å². The number of nitrogens with zero attached hydrogens (tertiary/aromatic N) is 2. The Bertz CT molecular complexity index is 554. The molecule has 0 aliphatic carbocycles. The number of carbonyl (C=O) groups excluding carboxylic acids is 1. The topological polar surface area (TPSA) is 68.0 Å². The van der Waals surface area contributed by atoms with Gasteiger partial charge in [-0.25, -0.2) is 0 Å². The number of aryl methyl sites for hydroxylation is 1. The average molecular weight is 263 g/mol. The molecule has 1 amide bonds. The molecule has 1 N–H and O–H groups in total. The SMILES string of the molecule is Cc1noc(CCNC(=O)c2ccccc2S)n1. The summed E-state index contributed by atoms with van der Waals surface area (Å²) in [6.07, 6.45) is 0.515. The first kappa shape index (κ1) is 12.6. The highest BCUT2D eigenvalue weighted by molar-refractivity contribution is 7.80. The maximum absolute atomic E-state index is 11.8. The molecule has 1 aromatic carbocycles. The highest BCUT2D eigenvalue weighted by Crippen LogP contribution is 2.12. The van der Waals surface area contributed by atoms with Gasteiger partial charge in [-0.1, -0.05) is 17.3 Å². The van der Waals surface area contributed by atoms with E-state index in [4.69, 9.17) is 4.52 Å². The number of nitrogens with one attached hydrogen (secondary N) is 1. The summed E-state index contributed by atoms with van der Waals surface area (Å²) < 4.78 is 4.95. The van der Waals surface area contributed by atoms with Gasteiger partial charge in [-0.3, -0.25) is 4.79 Å². The fourth-order valence-corrected chi connectivity index (χ4v) is 1.75. The summed E-state index contributed by atoms with van der Waals surface area (Å²) in [5.74, 6) is 0.959. The molecule has 0 fully saturated rings. The van der Waals surface area contributed by atoms with E-state index in [0.717, 1.165) is 0 Å². The summed E-state index contributed by atoms with van der Waals surface area (Å²) in [7, 11) is 0. The van der Waals surface area contributed by atoms with Crippen LogP contribution in [0.25, 0.3) is 0 Å². The Morgan fingerprint density at radius 1 is 1.44 bits per heavy atom. The van der Waals surface area contributed by atoms with Crippen LogP contribution in [0.5, 0.6) is 0 Å². The van der Waals surface area contributed by atoms with Crippen molar-refractivity contribution < 1.29 is 9.32 Å². The number of rotatable bonds is 4. The number of hydrogen-bond donors (Lipinski definition) is 2. The fourth-order valence-electron chi connectivity index (χ4n) is 1.49. The summed E-state index contributed by atoms with van der Waals surface area (Å²) in [5, 5.41) is 6.46. The largest absolute Gasteiger partial charge is 0.351 e. The molecule has 0 aliphatic heterocycles. The van der Waals surface area contributed by atoms with Crippen LogP contribution in [0, 0.1) is 6.92 Å². The summed E-state index contributed by atoms with van der Waals surface area (Å²) in [4.78, 5) is 16.5. The molecule has 6 heteroatoms. The molecule has 0 atom stereocenters. The van der Waals surface area contributed by atoms with Crippen molar-refractivity contribution in [1.29, 1.82) is 0 Å². The molecule has 0 unspecified atom stereocenters. The van der Waals surface area contributed by atoms with Crippen molar-refractivity contribution in [3.05, 3.63) is 41.5 Å². The van der Waals surface area contributed by atoms with Crippen molar-refractivity contribution in [1.82, 2.24) is 15.5 Å². The van der Waals surface area contributed by atoms with E-state index >= 15 is 0 Å². The minimum atomic E-state index is -0.156. The van der Waals surface area contributed by atoms with Crippen LogP contribution in [0.3, 0.4) is 0 Å². The van der Waals surface area contributed by atoms with E-state index in [0.29, 0.717) is 35.1 Å². The fraction of sp³-hybridized carbons (Fsp3) is 0.250. The van der Waals surface area contributed by atoms with Gasteiger partial charge in [-0.15, -0.1) is 12.6 Å². The first-order valence-corrected chi connectivity index (χ1v) is 5.97. The predicted molar refractivity (Wildman–Crippen MR) is 68.8 cm³/mol. The van der Waals surface area contributed by atoms with Gasteiger partial charge in [0.25, 0.3) is 5.91 Å². The van der Waals surface area contributed by atoms with Crippen molar-refractivity contribution in [2.24, 2.45) is 0 Å². The molecule has 5 nitrogen and oxygen atoms in total. The molecular weight excluding hydrogens is 250 g/mol. The summed E-state index contributed by atoms with van der Waals surface area (Å²) in [6.45, 7) is 2.20. The molecule has 0 aliphatic rings. The van der Waals surface area contributed by atoms with Gasteiger partial charge in [0.05, 0.1) is 5.56 Å². The second-order valence-electron chi connectivity index (χ2n) is 3.76. The van der Waals surface area contributed by atoms with Crippen LogP contribution in [0.4, 0.5) is 0 Å². The molecule has 0 saturated heterocycles. The second kappa shape index (κ2) is 5.68. The number of hydrogen-bond acceptors (Lipinski definition) is 5. The Balaban J connectivity index is 1.87. The van der Waals surface area contributed by atoms with Gasteiger partial charge in [0.1, 0.15) is 0 Å². The molecule has 94 valence electrons. The van der Waals surface area contributed by atoms with Crippen LogP contribution < -0.4 is 5.32 Å². The average Bonchev–Trinajstić information content (AvgIpc) is 2.75. The Morgan fingerprint density at radius 2 is 2.22 bits per heavy atom. The zero-order valence-corrected chi connectivity index (χ0v) is 10.8. The van der Waals surface area contributed by atoms with Crippen molar-refractivity contribution in [3.8, 4) is 0 Å². The Hall–Kier alpha value is -1.82. The van der Waals surface area contributed by atoms with Crippen LogP contribution in [0.2, 0.25) is 0 Å². The molecule has 2 rings (SSSR count). The molecule has 0 radical (unpaired) electrons. The standard InChI is InChI=1S/C12H13N3O2S/c1-8-14-11(17-15-8)6-7-13-12(16)9-4-2-3-5-10(9)18/h2-5,18H,6-7H2,1H3,(H,13,16). The van der Waals surface area contributed by atoms with Gasteiger partial charge in [0.15, 0.2) is 5.82 Å². The number of aromatic nitrogens is 2. The van der Waals surface area contributed by atoms with E-state index in [1.165, 1.54) is 0 Å². The maximum atomic E-state index is 11.8. The van der Waals surface area contributed by atoms with Gasteiger partial charge in [-0.05, 0) is 19.1 Å². The lowest BCUT2D eigenvalue weighted by Crippen LogP contribution is -2.26. The Labute approximate surface area is 110 Å². The Morgan fingerprint density at radius 3 is 2.89 bits per heavy atom. The van der Waals surface area contributed by atoms with E-state index < -0.39 is 0 Å². The first-order valence-electron chi connectivity index (χ1n) is 5.52. The molecule has 1 aromatic heterocycles. The summed E-state index contributed by atoms with van der Waals surface area (Å²) in [5.41, 5.74) is 0.558. The zero-order chi connectivity index (χ0) is 13.0. The molecule has 0 spiro atoms. The van der Waals surface area contributed by atoms with E-state index in [9.17, 15) is 4.79 Å². The smallest absolute Gasteiger partial charge is 0.252 e. The lowest BCUT2D eigenvalue weighted by atomic mass is 10.2. The van der Waals surface area contributed by atoms with E-state index in [1.54, 1.807) is 25.1 Å². The zero-order valence-electron chi connectivity index (χ0n) is 9.88. The normalized spacial score (nSPS) is 10.3. The van der Waals surface area contributed by atoms with Crippen LogP contribution in [0.1, 0.15) is 22.1 Å². The van der Waals surface area contributed by atoms with Crippen molar-refractivity contribution >= 4 is 18.5 Å². The van der Waals surface area contributed by atoms with Gasteiger partial charge in [0, 0.05) is 17.9 Å². The van der Waals surface area contributed by atoms with Gasteiger partial charge in [0.2, 0.25) is 5.89 Å². The van der Waals surface area contributed by atoms with Crippen molar-refractivity contribution in [2.75, 3.05) is 6.54 Å². The summed E-state index contributed by atoms with van der Waals surface area (Å²) in [6, 6.07) is 7.14. The third-order valence-electron chi connectivity index (χ3n) is 2.34. The third kappa shape index (κ3) is 3.10. The summed E-state index contributed by atoms with van der Waals surface area (Å²) >= 11 is 4.23. The lowest BCUT2D eigenvalue weighted by Gasteiger charge is -2.05. The maximum Gasteiger partial charge on any atom is 0.252 e. The van der Waals surface area contributed by atoms with E-state index in [1.807, 2.05) is 6.07 Å². The quantitative estimate of drug-likeness (QED) is 0.823. The molecule has 0 saturated carbocycles. The number of amides is 1. The van der Waals surface area contributed by atoms with Crippen molar-refractivity contribution in [2.45, 2.75) is 18.2 Å². The molecular formula is C12H13N3O2S. The monoisotopic (exact) mass is 263 g/mol. The predicted octanol–water partition coefficient (Wildman–Crippen LogP) is 1.64. The minimum Gasteiger partial charge on any atom is -0.351 e. The van der Waals surface area contributed by atoms with Crippen LogP contribution in [-0.2, 0) is 6.42 Å². The van der Waals surface area contributed by atoms with E-state index in [-0.39, 0.29) is 5.91 Å². The molecule has 1 heterocycles. The first-order chi connectivity index (χ1) is 8.66. The second-order valence-corrected chi connectivity index (χ2v) is 4.24. The lowest BCUT2D eigenvalue weighted by molar-refractivity contribution is 0.0950. The van der Waals surface area contributed by atoms with Crippen molar-refractivity contribution in [3.63, 3.8) is 0 Å². The van der Waals surface area contributed by atoms with Crippen LogP contribution in [0.15, 0.2) is 33.7 Å². The highest BCUT2D eigenvalue weighted by atomic mass is 32.1. The highest BCUT2D eigenvalue weighted by Gasteiger charge is 2.09. The Kier molecular flexibility index (Phi) is 3.99. The third-order valence-corrected chi connectivity index (χ3v) is 2.73. The van der Waals surface area contributed by atoms with Gasteiger partial charge in [-0.2, -0.15) is 4.98 Å². The molecule has 18 heavy (non-hydrogen) atoms. The molecule has 2 aromatic rings.